The number of hydrogen-bond acceptors (Lipinski definition) is 2. The Balaban J connectivity index is 2.39. The Labute approximate surface area is 113 Å². The van der Waals surface area contributed by atoms with Crippen LogP contribution in [0.3, 0.4) is 0 Å². The number of rotatable bonds is 7. The Morgan fingerprint density at radius 2 is 2.18 bits per heavy atom. The number of alkyl halides is 1. The van der Waals surface area contributed by atoms with E-state index in [1.54, 1.807) is 0 Å². The smallest absolute Gasteiger partial charge is 0.0633 e. The number of benzene rings is 1. The molecule has 0 aliphatic rings. The summed E-state index contributed by atoms with van der Waals surface area (Å²) in [6, 6.07) is 5.84. The highest BCUT2D eigenvalue weighted by molar-refractivity contribution is 6.31. The van der Waals surface area contributed by atoms with Crippen LogP contribution in [0.4, 0.5) is 0 Å². The Hall–Kier alpha value is -0.280. The maximum Gasteiger partial charge on any atom is 0.0633 e. The highest BCUT2D eigenvalue weighted by Gasteiger charge is 2.09. The normalized spacial score (nSPS) is 12.7. The molecule has 0 bridgehead atoms. The second-order valence-corrected chi connectivity index (χ2v) is 5.00. The van der Waals surface area contributed by atoms with Gasteiger partial charge >= 0.3 is 0 Å². The lowest BCUT2D eigenvalue weighted by atomic mass is 10.0. The topological polar surface area (TPSA) is 29.5 Å². The predicted octanol–water partition coefficient (Wildman–Crippen LogP) is 3.20. The molecule has 0 saturated heterocycles. The lowest BCUT2D eigenvalue weighted by Gasteiger charge is -2.12. The molecule has 1 N–H and O–H groups in total. The molecule has 96 valence electrons. The first-order valence-electron chi connectivity index (χ1n) is 5.71. The molecule has 1 aromatic carbocycles. The van der Waals surface area contributed by atoms with E-state index in [1.807, 2.05) is 25.1 Å². The summed E-state index contributed by atoms with van der Waals surface area (Å²) in [4.78, 5) is 0. The standard InChI is InChI=1S/C13H18Cl2O2/c1-10-11(4-2-5-13(10)15)8-12(14)9-17-7-3-6-16/h2,4-5,12,16H,3,6-9H2,1H3. The molecule has 0 fully saturated rings. The van der Waals surface area contributed by atoms with E-state index in [0.29, 0.717) is 19.6 Å². The van der Waals surface area contributed by atoms with Gasteiger partial charge in [-0.2, -0.15) is 0 Å². The Morgan fingerprint density at radius 1 is 1.41 bits per heavy atom. The molecule has 1 aromatic rings. The van der Waals surface area contributed by atoms with Crippen molar-refractivity contribution >= 4 is 23.2 Å². The highest BCUT2D eigenvalue weighted by Crippen LogP contribution is 2.21. The van der Waals surface area contributed by atoms with Crippen molar-refractivity contribution in [3.63, 3.8) is 0 Å². The minimum Gasteiger partial charge on any atom is -0.396 e. The third-order valence-electron chi connectivity index (χ3n) is 2.57. The fourth-order valence-electron chi connectivity index (χ4n) is 1.55. The van der Waals surface area contributed by atoms with Crippen LogP contribution >= 0.6 is 23.2 Å². The molecule has 0 aromatic heterocycles. The molecule has 1 atom stereocenters. The minimum absolute atomic E-state index is 0.0640. The monoisotopic (exact) mass is 276 g/mol. The van der Waals surface area contributed by atoms with E-state index in [2.05, 4.69) is 0 Å². The van der Waals surface area contributed by atoms with Gasteiger partial charge in [0.15, 0.2) is 0 Å². The molecule has 2 nitrogen and oxygen atoms in total. The first-order valence-corrected chi connectivity index (χ1v) is 6.53. The van der Waals surface area contributed by atoms with Gasteiger partial charge in [0.2, 0.25) is 0 Å². The third kappa shape index (κ3) is 5.26. The maximum atomic E-state index is 8.61. The van der Waals surface area contributed by atoms with E-state index in [-0.39, 0.29) is 12.0 Å². The van der Waals surface area contributed by atoms with Crippen LogP contribution in [0.25, 0.3) is 0 Å². The molecule has 1 rings (SSSR count). The number of hydrogen-bond donors (Lipinski definition) is 1. The maximum absolute atomic E-state index is 8.61. The van der Waals surface area contributed by atoms with E-state index in [9.17, 15) is 0 Å². The van der Waals surface area contributed by atoms with Crippen LogP contribution in [0, 0.1) is 6.92 Å². The summed E-state index contributed by atoms with van der Waals surface area (Å²) < 4.78 is 5.35. The summed E-state index contributed by atoms with van der Waals surface area (Å²) in [7, 11) is 0. The van der Waals surface area contributed by atoms with Crippen molar-refractivity contribution in [3.05, 3.63) is 34.3 Å². The van der Waals surface area contributed by atoms with E-state index >= 15 is 0 Å². The number of halogens is 2. The summed E-state index contributed by atoms with van der Waals surface area (Å²) >= 11 is 12.2. The first-order chi connectivity index (χ1) is 8.15. The van der Waals surface area contributed by atoms with Gasteiger partial charge in [0, 0.05) is 18.2 Å². The SMILES string of the molecule is Cc1c(Cl)cccc1CC(Cl)COCCCO. The van der Waals surface area contributed by atoms with Crippen LogP contribution in [0.1, 0.15) is 17.5 Å². The zero-order valence-electron chi connectivity index (χ0n) is 9.96. The van der Waals surface area contributed by atoms with E-state index < -0.39 is 0 Å². The molecule has 0 heterocycles. The van der Waals surface area contributed by atoms with E-state index in [1.165, 1.54) is 0 Å². The second kappa shape index (κ2) is 7.93. The Bertz CT molecular complexity index is 342. The lowest BCUT2D eigenvalue weighted by Crippen LogP contribution is -2.14. The number of ether oxygens (including phenoxy) is 1. The average Bonchev–Trinajstić information content (AvgIpc) is 2.31. The highest BCUT2D eigenvalue weighted by atomic mass is 35.5. The van der Waals surface area contributed by atoms with Gasteiger partial charge in [-0.05, 0) is 37.0 Å². The van der Waals surface area contributed by atoms with Crippen molar-refractivity contribution in [2.45, 2.75) is 25.1 Å². The fourth-order valence-corrected chi connectivity index (χ4v) is 2.00. The van der Waals surface area contributed by atoms with Gasteiger partial charge in [-0.25, -0.2) is 0 Å². The zero-order valence-corrected chi connectivity index (χ0v) is 11.5. The van der Waals surface area contributed by atoms with Crippen LogP contribution < -0.4 is 0 Å². The van der Waals surface area contributed by atoms with Crippen molar-refractivity contribution in [1.29, 1.82) is 0 Å². The van der Waals surface area contributed by atoms with Crippen molar-refractivity contribution < 1.29 is 9.84 Å². The molecule has 17 heavy (non-hydrogen) atoms. The molecule has 4 heteroatoms. The van der Waals surface area contributed by atoms with Crippen LogP contribution in [0.2, 0.25) is 5.02 Å². The van der Waals surface area contributed by atoms with Gasteiger partial charge in [-0.3, -0.25) is 0 Å². The average molecular weight is 277 g/mol. The molecule has 0 aliphatic carbocycles. The van der Waals surface area contributed by atoms with Crippen molar-refractivity contribution in [2.75, 3.05) is 19.8 Å². The van der Waals surface area contributed by atoms with Gasteiger partial charge in [0.05, 0.1) is 12.0 Å². The van der Waals surface area contributed by atoms with Crippen molar-refractivity contribution in [3.8, 4) is 0 Å². The van der Waals surface area contributed by atoms with Gasteiger partial charge in [-0.1, -0.05) is 23.7 Å². The van der Waals surface area contributed by atoms with Crippen molar-refractivity contribution in [2.24, 2.45) is 0 Å². The van der Waals surface area contributed by atoms with Crippen molar-refractivity contribution in [1.82, 2.24) is 0 Å². The molecule has 0 saturated carbocycles. The van der Waals surface area contributed by atoms with Gasteiger partial charge < -0.3 is 9.84 Å². The van der Waals surface area contributed by atoms with Gasteiger partial charge in [0.1, 0.15) is 0 Å². The summed E-state index contributed by atoms with van der Waals surface area (Å²) in [5.74, 6) is 0. The summed E-state index contributed by atoms with van der Waals surface area (Å²) in [5, 5.41) is 9.31. The van der Waals surface area contributed by atoms with E-state index in [4.69, 9.17) is 33.0 Å². The van der Waals surface area contributed by atoms with Crippen LogP contribution in [-0.4, -0.2) is 30.3 Å². The van der Waals surface area contributed by atoms with Gasteiger partial charge in [-0.15, -0.1) is 11.6 Å². The molecular formula is C13H18Cl2O2. The zero-order chi connectivity index (χ0) is 12.7. The molecular weight excluding hydrogens is 259 g/mol. The van der Waals surface area contributed by atoms with Crippen LogP contribution in [0.15, 0.2) is 18.2 Å². The largest absolute Gasteiger partial charge is 0.396 e. The molecule has 0 aliphatic heterocycles. The van der Waals surface area contributed by atoms with Crippen LogP contribution in [0.5, 0.6) is 0 Å². The third-order valence-corrected chi connectivity index (χ3v) is 3.26. The molecule has 0 spiro atoms. The summed E-state index contributed by atoms with van der Waals surface area (Å²) in [6.07, 6.45) is 1.40. The predicted molar refractivity (Wildman–Crippen MR) is 72.1 cm³/mol. The second-order valence-electron chi connectivity index (χ2n) is 3.98. The Kier molecular flexibility index (Phi) is 6.90. The Morgan fingerprint density at radius 3 is 2.88 bits per heavy atom. The number of aliphatic hydroxyl groups is 1. The quantitative estimate of drug-likeness (QED) is 0.612. The first kappa shape index (κ1) is 14.8. The molecule has 0 amide bonds. The summed E-state index contributed by atoms with van der Waals surface area (Å²) in [6.45, 7) is 3.19. The van der Waals surface area contributed by atoms with Crippen LogP contribution in [-0.2, 0) is 11.2 Å². The molecule has 0 radical (unpaired) electrons. The molecule has 1 unspecified atom stereocenters. The fraction of sp³-hybridized carbons (Fsp3) is 0.538. The van der Waals surface area contributed by atoms with Gasteiger partial charge in [0.25, 0.3) is 0 Å². The minimum atomic E-state index is -0.0640. The number of aliphatic hydroxyl groups excluding tert-OH is 1. The summed E-state index contributed by atoms with van der Waals surface area (Å²) in [5.41, 5.74) is 2.23. The lowest BCUT2D eigenvalue weighted by molar-refractivity contribution is 0.116. The van der Waals surface area contributed by atoms with E-state index in [0.717, 1.165) is 22.6 Å².